The zero-order chi connectivity index (χ0) is 14.0. The summed E-state index contributed by atoms with van der Waals surface area (Å²) >= 11 is 1.31. The van der Waals surface area contributed by atoms with Crippen molar-refractivity contribution in [2.24, 2.45) is 0 Å². The quantitative estimate of drug-likeness (QED) is 0.690. The Kier molecular flexibility index (Phi) is 3.57. The van der Waals surface area contributed by atoms with Gasteiger partial charge in [0.15, 0.2) is 5.13 Å². The molecule has 1 heterocycles. The van der Waals surface area contributed by atoms with Gasteiger partial charge in [0.25, 0.3) is 11.6 Å². The van der Waals surface area contributed by atoms with Gasteiger partial charge in [-0.25, -0.2) is 4.98 Å². The standard InChI is InChI=1S/C12H11N3O3S/c1-7-6-19-12(13-7)14-11(16)9-4-3-5-10(8(9)2)15(17)18/h3-6H,1-2H3,(H,13,14,16). The van der Waals surface area contributed by atoms with Gasteiger partial charge in [0.2, 0.25) is 0 Å². The molecule has 0 atom stereocenters. The molecular weight excluding hydrogens is 266 g/mol. The van der Waals surface area contributed by atoms with E-state index in [0.717, 1.165) is 5.69 Å². The molecule has 1 aromatic heterocycles. The molecule has 0 aliphatic rings. The number of nitrogens with one attached hydrogen (secondary N) is 1. The number of aromatic nitrogens is 1. The van der Waals surface area contributed by atoms with Gasteiger partial charge >= 0.3 is 0 Å². The molecule has 98 valence electrons. The minimum atomic E-state index is -0.500. The molecule has 19 heavy (non-hydrogen) atoms. The molecule has 2 rings (SSSR count). The minimum absolute atomic E-state index is 0.0667. The highest BCUT2D eigenvalue weighted by Crippen LogP contribution is 2.22. The third kappa shape index (κ3) is 2.76. The molecule has 6 nitrogen and oxygen atoms in total. The highest BCUT2D eigenvalue weighted by atomic mass is 32.1. The largest absolute Gasteiger partial charge is 0.298 e. The number of carbonyl (C=O) groups excluding carboxylic acids is 1. The summed E-state index contributed by atoms with van der Waals surface area (Å²) in [5.41, 5.74) is 1.37. The van der Waals surface area contributed by atoms with Crippen molar-refractivity contribution in [1.82, 2.24) is 4.98 Å². The number of nitro groups is 1. The Bertz CT molecular complexity index is 651. The average molecular weight is 277 g/mol. The summed E-state index contributed by atoms with van der Waals surface area (Å²) in [6, 6.07) is 4.42. The number of nitro benzene ring substituents is 1. The lowest BCUT2D eigenvalue weighted by Gasteiger charge is -2.05. The molecule has 1 N–H and O–H groups in total. The molecular formula is C12H11N3O3S. The van der Waals surface area contributed by atoms with E-state index in [-0.39, 0.29) is 11.3 Å². The van der Waals surface area contributed by atoms with Crippen molar-refractivity contribution in [2.75, 3.05) is 5.32 Å². The van der Waals surface area contributed by atoms with E-state index in [2.05, 4.69) is 10.3 Å². The fourth-order valence-electron chi connectivity index (χ4n) is 1.64. The highest BCUT2D eigenvalue weighted by molar-refractivity contribution is 7.13. The van der Waals surface area contributed by atoms with E-state index < -0.39 is 10.8 Å². The fourth-order valence-corrected chi connectivity index (χ4v) is 2.33. The predicted octanol–water partition coefficient (Wildman–Crippen LogP) is 2.92. The highest BCUT2D eigenvalue weighted by Gasteiger charge is 2.18. The molecule has 1 amide bonds. The van der Waals surface area contributed by atoms with Crippen LogP contribution < -0.4 is 5.32 Å². The number of benzene rings is 1. The van der Waals surface area contributed by atoms with Crippen molar-refractivity contribution in [1.29, 1.82) is 0 Å². The van der Waals surface area contributed by atoms with Gasteiger partial charge in [0.05, 0.1) is 10.6 Å². The van der Waals surface area contributed by atoms with Crippen molar-refractivity contribution >= 4 is 28.1 Å². The zero-order valence-electron chi connectivity index (χ0n) is 10.3. The minimum Gasteiger partial charge on any atom is -0.298 e. The Balaban J connectivity index is 2.29. The van der Waals surface area contributed by atoms with Crippen LogP contribution >= 0.6 is 11.3 Å². The Morgan fingerprint density at radius 3 is 2.74 bits per heavy atom. The number of hydrogen-bond acceptors (Lipinski definition) is 5. The summed E-state index contributed by atoms with van der Waals surface area (Å²) in [7, 11) is 0. The van der Waals surface area contributed by atoms with Crippen molar-refractivity contribution in [3.05, 3.63) is 50.5 Å². The molecule has 0 unspecified atom stereocenters. The van der Waals surface area contributed by atoms with Crippen molar-refractivity contribution in [3.63, 3.8) is 0 Å². The van der Waals surface area contributed by atoms with Crippen LogP contribution in [0.4, 0.5) is 10.8 Å². The Hall–Kier alpha value is -2.28. The first kappa shape index (κ1) is 13.2. The topological polar surface area (TPSA) is 85.1 Å². The molecule has 0 aliphatic carbocycles. The van der Waals surface area contributed by atoms with Crippen molar-refractivity contribution in [3.8, 4) is 0 Å². The first-order valence-electron chi connectivity index (χ1n) is 5.46. The van der Waals surface area contributed by atoms with Crippen LogP contribution in [-0.4, -0.2) is 15.8 Å². The van der Waals surface area contributed by atoms with E-state index in [0.29, 0.717) is 10.7 Å². The molecule has 0 radical (unpaired) electrons. The SMILES string of the molecule is Cc1csc(NC(=O)c2cccc([N+](=O)[O-])c2C)n1. The summed E-state index contributed by atoms with van der Waals surface area (Å²) in [5, 5.41) is 15.7. The second kappa shape index (κ2) is 5.15. The zero-order valence-corrected chi connectivity index (χ0v) is 11.2. The Morgan fingerprint density at radius 2 is 2.16 bits per heavy atom. The van der Waals surface area contributed by atoms with Gasteiger partial charge in [-0.3, -0.25) is 20.2 Å². The second-order valence-corrected chi connectivity index (χ2v) is 4.81. The lowest BCUT2D eigenvalue weighted by atomic mass is 10.1. The van der Waals surface area contributed by atoms with Crippen LogP contribution in [0.25, 0.3) is 0 Å². The number of amides is 1. The van der Waals surface area contributed by atoms with Gasteiger partial charge in [-0.1, -0.05) is 6.07 Å². The van der Waals surface area contributed by atoms with E-state index >= 15 is 0 Å². The number of aryl methyl sites for hydroxylation is 1. The van der Waals surface area contributed by atoms with Crippen molar-refractivity contribution < 1.29 is 9.72 Å². The van der Waals surface area contributed by atoms with Crippen LogP contribution in [0.15, 0.2) is 23.6 Å². The molecule has 0 bridgehead atoms. The smallest absolute Gasteiger partial charge is 0.273 e. The lowest BCUT2D eigenvalue weighted by molar-refractivity contribution is -0.385. The number of rotatable bonds is 3. The lowest BCUT2D eigenvalue weighted by Crippen LogP contribution is -2.14. The van der Waals surface area contributed by atoms with Crippen LogP contribution in [0.2, 0.25) is 0 Å². The maximum atomic E-state index is 12.1. The summed E-state index contributed by atoms with van der Waals surface area (Å²) in [4.78, 5) is 26.5. The van der Waals surface area contributed by atoms with Crippen LogP contribution in [0.3, 0.4) is 0 Å². The molecule has 0 aliphatic heterocycles. The first-order valence-corrected chi connectivity index (χ1v) is 6.34. The maximum absolute atomic E-state index is 12.1. The van der Waals surface area contributed by atoms with Gasteiger partial charge in [-0.15, -0.1) is 11.3 Å². The van der Waals surface area contributed by atoms with Crippen LogP contribution in [0.5, 0.6) is 0 Å². The number of thiazole rings is 1. The van der Waals surface area contributed by atoms with E-state index in [1.165, 1.54) is 23.5 Å². The van der Waals surface area contributed by atoms with E-state index in [1.54, 1.807) is 13.0 Å². The Morgan fingerprint density at radius 1 is 1.42 bits per heavy atom. The summed E-state index contributed by atoms with van der Waals surface area (Å²) in [6.45, 7) is 3.38. The van der Waals surface area contributed by atoms with Gasteiger partial charge in [-0.2, -0.15) is 0 Å². The average Bonchev–Trinajstić information content (AvgIpc) is 2.74. The van der Waals surface area contributed by atoms with Crippen molar-refractivity contribution in [2.45, 2.75) is 13.8 Å². The van der Waals surface area contributed by atoms with Gasteiger partial charge < -0.3 is 0 Å². The van der Waals surface area contributed by atoms with Crippen LogP contribution in [0.1, 0.15) is 21.6 Å². The summed E-state index contributed by atoms with van der Waals surface area (Å²) < 4.78 is 0. The molecule has 0 saturated heterocycles. The number of nitrogens with zero attached hydrogens (tertiary/aromatic N) is 2. The summed E-state index contributed by atoms with van der Waals surface area (Å²) in [5.74, 6) is -0.393. The van der Waals surface area contributed by atoms with Crippen LogP contribution in [0, 0.1) is 24.0 Å². The number of carbonyl (C=O) groups is 1. The fraction of sp³-hybridized carbons (Fsp3) is 0.167. The first-order chi connectivity index (χ1) is 8.99. The Labute approximate surface area is 113 Å². The van der Waals surface area contributed by atoms with Gasteiger partial charge in [-0.05, 0) is 19.9 Å². The third-order valence-corrected chi connectivity index (χ3v) is 3.46. The molecule has 0 spiro atoms. The van der Waals surface area contributed by atoms with E-state index in [1.807, 2.05) is 12.3 Å². The molecule has 1 aromatic carbocycles. The van der Waals surface area contributed by atoms with Gasteiger partial charge in [0.1, 0.15) is 0 Å². The third-order valence-electron chi connectivity index (χ3n) is 2.59. The molecule has 0 saturated carbocycles. The van der Waals surface area contributed by atoms with E-state index in [9.17, 15) is 14.9 Å². The normalized spacial score (nSPS) is 10.2. The van der Waals surface area contributed by atoms with E-state index in [4.69, 9.17) is 0 Å². The molecule has 0 fully saturated rings. The maximum Gasteiger partial charge on any atom is 0.273 e. The number of hydrogen-bond donors (Lipinski definition) is 1. The summed E-state index contributed by atoms with van der Waals surface area (Å²) in [6.07, 6.45) is 0. The van der Waals surface area contributed by atoms with Crippen LogP contribution in [-0.2, 0) is 0 Å². The monoisotopic (exact) mass is 277 g/mol. The van der Waals surface area contributed by atoms with Gasteiger partial charge in [0, 0.05) is 22.6 Å². The number of anilines is 1. The molecule has 2 aromatic rings. The predicted molar refractivity (Wildman–Crippen MR) is 72.6 cm³/mol. The molecule has 7 heteroatoms. The second-order valence-electron chi connectivity index (χ2n) is 3.95.